The average Bonchev–Trinajstić information content (AvgIpc) is 2.42. The van der Waals surface area contributed by atoms with Gasteiger partial charge in [-0.3, -0.25) is 4.79 Å². The number of nitrogens with zero attached hydrogens (tertiary/aromatic N) is 2. The van der Waals surface area contributed by atoms with E-state index in [-0.39, 0.29) is 5.91 Å². The summed E-state index contributed by atoms with van der Waals surface area (Å²) in [4.78, 5) is 16.4. The van der Waals surface area contributed by atoms with E-state index < -0.39 is 0 Å². The van der Waals surface area contributed by atoms with E-state index in [0.717, 1.165) is 37.3 Å². The first-order valence-corrected chi connectivity index (χ1v) is 7.30. The number of carbonyl (C=O) groups excluding carboxylic acids is 1. The van der Waals surface area contributed by atoms with E-state index in [4.69, 9.17) is 0 Å². The lowest BCUT2D eigenvalue weighted by Crippen LogP contribution is -2.31. The van der Waals surface area contributed by atoms with E-state index in [0.29, 0.717) is 12.3 Å². The van der Waals surface area contributed by atoms with Gasteiger partial charge in [0.1, 0.15) is 0 Å². The van der Waals surface area contributed by atoms with Crippen LogP contribution in [0.25, 0.3) is 0 Å². The maximum atomic E-state index is 12.0. The van der Waals surface area contributed by atoms with Gasteiger partial charge in [-0.15, -0.1) is 0 Å². The zero-order chi connectivity index (χ0) is 14.5. The molecule has 1 aliphatic heterocycles. The van der Waals surface area contributed by atoms with Crippen LogP contribution in [0.3, 0.4) is 0 Å². The molecule has 4 heteroatoms. The van der Waals surface area contributed by atoms with Gasteiger partial charge in [-0.25, -0.2) is 0 Å². The SMILES string of the molecule is CN1CCC(CC(=O)Nc2ccc(N(C)C)cc2)CC1. The van der Waals surface area contributed by atoms with Crippen LogP contribution in [-0.2, 0) is 4.79 Å². The van der Waals surface area contributed by atoms with Gasteiger partial charge in [-0.05, 0) is 63.2 Å². The van der Waals surface area contributed by atoms with Gasteiger partial charge in [0.15, 0.2) is 0 Å². The van der Waals surface area contributed by atoms with Crippen molar-refractivity contribution in [2.75, 3.05) is 44.4 Å². The number of likely N-dealkylation sites (tertiary alicyclic amines) is 1. The smallest absolute Gasteiger partial charge is 0.224 e. The molecule has 1 fully saturated rings. The Morgan fingerprint density at radius 2 is 1.85 bits per heavy atom. The molecule has 0 unspecified atom stereocenters. The fraction of sp³-hybridized carbons (Fsp3) is 0.562. The highest BCUT2D eigenvalue weighted by atomic mass is 16.1. The van der Waals surface area contributed by atoms with E-state index >= 15 is 0 Å². The predicted octanol–water partition coefficient (Wildman–Crippen LogP) is 2.42. The Morgan fingerprint density at radius 3 is 2.40 bits per heavy atom. The highest BCUT2D eigenvalue weighted by Gasteiger charge is 2.19. The van der Waals surface area contributed by atoms with Crippen LogP contribution >= 0.6 is 0 Å². The highest BCUT2D eigenvalue weighted by molar-refractivity contribution is 5.91. The monoisotopic (exact) mass is 275 g/mol. The summed E-state index contributed by atoms with van der Waals surface area (Å²) in [6, 6.07) is 7.96. The molecule has 4 nitrogen and oxygen atoms in total. The van der Waals surface area contributed by atoms with Crippen LogP contribution in [0.2, 0.25) is 0 Å². The van der Waals surface area contributed by atoms with Gasteiger partial charge in [0, 0.05) is 31.9 Å². The third-order valence-corrected chi connectivity index (χ3v) is 3.98. The molecule has 0 bridgehead atoms. The van der Waals surface area contributed by atoms with Crippen LogP contribution < -0.4 is 10.2 Å². The molecule has 0 aliphatic carbocycles. The summed E-state index contributed by atoms with van der Waals surface area (Å²) < 4.78 is 0. The van der Waals surface area contributed by atoms with Crippen molar-refractivity contribution in [1.29, 1.82) is 0 Å². The number of amides is 1. The van der Waals surface area contributed by atoms with Crippen molar-refractivity contribution in [2.45, 2.75) is 19.3 Å². The molecule has 110 valence electrons. The molecule has 1 aromatic rings. The maximum Gasteiger partial charge on any atom is 0.224 e. The minimum Gasteiger partial charge on any atom is -0.378 e. The molecule has 0 atom stereocenters. The fourth-order valence-electron chi connectivity index (χ4n) is 2.58. The first-order chi connectivity index (χ1) is 9.54. The normalized spacial score (nSPS) is 16.9. The number of hydrogen-bond acceptors (Lipinski definition) is 3. The summed E-state index contributed by atoms with van der Waals surface area (Å²) in [5.41, 5.74) is 2.02. The molecular formula is C16H25N3O. The zero-order valence-electron chi connectivity index (χ0n) is 12.7. The summed E-state index contributed by atoms with van der Waals surface area (Å²) in [7, 11) is 6.16. The van der Waals surface area contributed by atoms with Crippen molar-refractivity contribution < 1.29 is 4.79 Å². The molecule has 20 heavy (non-hydrogen) atoms. The van der Waals surface area contributed by atoms with E-state index in [9.17, 15) is 4.79 Å². The molecule has 1 aliphatic rings. The number of benzene rings is 1. The first kappa shape index (κ1) is 14.9. The summed E-state index contributed by atoms with van der Waals surface area (Å²) in [5.74, 6) is 0.671. The lowest BCUT2D eigenvalue weighted by Gasteiger charge is -2.28. The van der Waals surface area contributed by atoms with Crippen LogP contribution in [0.1, 0.15) is 19.3 Å². The minimum absolute atomic E-state index is 0.136. The van der Waals surface area contributed by atoms with Crippen molar-refractivity contribution in [3.8, 4) is 0 Å². The van der Waals surface area contributed by atoms with Crippen molar-refractivity contribution in [3.63, 3.8) is 0 Å². The van der Waals surface area contributed by atoms with Gasteiger partial charge < -0.3 is 15.1 Å². The van der Waals surface area contributed by atoms with E-state index in [2.05, 4.69) is 17.3 Å². The summed E-state index contributed by atoms with van der Waals surface area (Å²) in [5, 5.41) is 3.00. The molecule has 1 saturated heterocycles. The van der Waals surface area contributed by atoms with Gasteiger partial charge >= 0.3 is 0 Å². The van der Waals surface area contributed by atoms with Gasteiger partial charge in [-0.1, -0.05) is 0 Å². The Hall–Kier alpha value is -1.55. The molecule has 0 saturated carbocycles. The number of hydrogen-bond donors (Lipinski definition) is 1. The molecule has 0 radical (unpaired) electrons. The number of rotatable bonds is 4. The summed E-state index contributed by atoms with van der Waals surface area (Å²) in [6.07, 6.45) is 2.90. The highest BCUT2D eigenvalue weighted by Crippen LogP contribution is 2.21. The van der Waals surface area contributed by atoms with E-state index in [1.807, 2.05) is 43.3 Å². The molecule has 1 N–H and O–H groups in total. The Bertz CT molecular complexity index is 434. The molecule has 2 rings (SSSR count). The standard InChI is InChI=1S/C16H25N3O/c1-18(2)15-6-4-14(5-7-15)17-16(20)12-13-8-10-19(3)11-9-13/h4-7,13H,8-12H2,1-3H3,(H,17,20). The van der Waals surface area contributed by atoms with E-state index in [1.165, 1.54) is 0 Å². The topological polar surface area (TPSA) is 35.6 Å². The molecule has 0 spiro atoms. The van der Waals surface area contributed by atoms with Crippen molar-refractivity contribution in [1.82, 2.24) is 4.90 Å². The lowest BCUT2D eigenvalue weighted by atomic mass is 9.93. The summed E-state index contributed by atoms with van der Waals surface area (Å²) >= 11 is 0. The Kier molecular flexibility index (Phi) is 5.01. The first-order valence-electron chi connectivity index (χ1n) is 7.30. The molecular weight excluding hydrogens is 250 g/mol. The Balaban J connectivity index is 1.82. The van der Waals surface area contributed by atoms with Gasteiger partial charge in [0.2, 0.25) is 5.91 Å². The second kappa shape index (κ2) is 6.75. The van der Waals surface area contributed by atoms with Gasteiger partial charge in [0.05, 0.1) is 0 Å². The number of piperidine rings is 1. The minimum atomic E-state index is 0.136. The fourth-order valence-corrected chi connectivity index (χ4v) is 2.58. The van der Waals surface area contributed by atoms with Crippen molar-refractivity contribution in [2.24, 2.45) is 5.92 Å². The van der Waals surface area contributed by atoms with Crippen molar-refractivity contribution >= 4 is 17.3 Å². The van der Waals surface area contributed by atoms with Crippen LogP contribution in [0.5, 0.6) is 0 Å². The third kappa shape index (κ3) is 4.23. The second-order valence-electron chi connectivity index (χ2n) is 5.94. The van der Waals surface area contributed by atoms with Crippen molar-refractivity contribution in [3.05, 3.63) is 24.3 Å². The average molecular weight is 275 g/mol. The molecule has 1 aromatic carbocycles. The zero-order valence-corrected chi connectivity index (χ0v) is 12.7. The third-order valence-electron chi connectivity index (χ3n) is 3.98. The van der Waals surface area contributed by atoms with Crippen LogP contribution in [-0.4, -0.2) is 45.0 Å². The summed E-state index contributed by atoms with van der Waals surface area (Å²) in [6.45, 7) is 2.21. The number of nitrogens with one attached hydrogen (secondary N) is 1. The number of carbonyl (C=O) groups is 1. The van der Waals surface area contributed by atoms with Crippen LogP contribution in [0, 0.1) is 5.92 Å². The van der Waals surface area contributed by atoms with Gasteiger partial charge in [0.25, 0.3) is 0 Å². The van der Waals surface area contributed by atoms with Gasteiger partial charge in [-0.2, -0.15) is 0 Å². The largest absolute Gasteiger partial charge is 0.378 e. The predicted molar refractivity (Wildman–Crippen MR) is 84.2 cm³/mol. The Morgan fingerprint density at radius 1 is 1.25 bits per heavy atom. The van der Waals surface area contributed by atoms with Crippen LogP contribution in [0.4, 0.5) is 11.4 Å². The van der Waals surface area contributed by atoms with Crippen LogP contribution in [0.15, 0.2) is 24.3 Å². The Labute approximate surface area is 121 Å². The molecule has 0 aromatic heterocycles. The lowest BCUT2D eigenvalue weighted by molar-refractivity contribution is -0.117. The molecule has 1 heterocycles. The number of anilines is 2. The van der Waals surface area contributed by atoms with E-state index in [1.54, 1.807) is 0 Å². The maximum absolute atomic E-state index is 12.0. The quantitative estimate of drug-likeness (QED) is 0.916. The molecule has 1 amide bonds. The second-order valence-corrected chi connectivity index (χ2v) is 5.94.